The van der Waals surface area contributed by atoms with Gasteiger partial charge in [-0.2, -0.15) is 0 Å². The molecule has 0 bridgehead atoms. The lowest BCUT2D eigenvalue weighted by Crippen LogP contribution is -2.35. The van der Waals surface area contributed by atoms with Crippen molar-refractivity contribution in [2.45, 2.75) is 31.8 Å². The molecule has 1 aliphatic carbocycles. The van der Waals surface area contributed by atoms with E-state index in [0.29, 0.717) is 5.82 Å². The summed E-state index contributed by atoms with van der Waals surface area (Å²) in [4.78, 5) is 5.44. The summed E-state index contributed by atoms with van der Waals surface area (Å²) in [5.74, 6) is 0.656. The first-order valence-electron chi connectivity index (χ1n) is 4.46. The van der Waals surface area contributed by atoms with Crippen LogP contribution in [0.4, 0.5) is 5.82 Å². The molecule has 0 aliphatic heterocycles. The zero-order chi connectivity index (χ0) is 9.47. The van der Waals surface area contributed by atoms with Crippen LogP contribution in [0.15, 0.2) is 0 Å². The quantitative estimate of drug-likeness (QED) is 0.791. The van der Waals surface area contributed by atoms with Crippen molar-refractivity contribution in [1.82, 2.24) is 4.98 Å². The molecular weight excluding hydrogens is 184 g/mol. The number of hydrogen-bond donors (Lipinski definition) is 1. The van der Waals surface area contributed by atoms with Gasteiger partial charge in [0.15, 0.2) is 0 Å². The number of methoxy groups -OCH3 is 1. The molecule has 0 amide bonds. The van der Waals surface area contributed by atoms with E-state index in [0.717, 1.165) is 22.7 Å². The number of anilines is 1. The number of aryl methyl sites for hydroxylation is 1. The van der Waals surface area contributed by atoms with Crippen LogP contribution in [-0.4, -0.2) is 12.1 Å². The van der Waals surface area contributed by atoms with Crippen LogP contribution in [0.5, 0.6) is 0 Å². The molecule has 1 aliphatic rings. The van der Waals surface area contributed by atoms with Crippen LogP contribution in [-0.2, 0) is 10.3 Å². The number of hydrogen-bond acceptors (Lipinski definition) is 4. The zero-order valence-electron chi connectivity index (χ0n) is 7.96. The lowest BCUT2D eigenvalue weighted by Gasteiger charge is -2.38. The second-order valence-electron chi connectivity index (χ2n) is 3.51. The Balaban J connectivity index is 2.33. The van der Waals surface area contributed by atoms with Gasteiger partial charge in [-0.1, -0.05) is 0 Å². The van der Waals surface area contributed by atoms with E-state index < -0.39 is 0 Å². The second kappa shape index (κ2) is 2.96. The van der Waals surface area contributed by atoms with Gasteiger partial charge in [0.2, 0.25) is 0 Å². The highest BCUT2D eigenvalue weighted by Crippen LogP contribution is 2.46. The molecule has 0 spiro atoms. The highest BCUT2D eigenvalue weighted by molar-refractivity contribution is 7.12. The average Bonchev–Trinajstić information content (AvgIpc) is 2.31. The smallest absolute Gasteiger partial charge is 0.137 e. The topological polar surface area (TPSA) is 48.1 Å². The molecule has 1 heterocycles. The van der Waals surface area contributed by atoms with Gasteiger partial charge >= 0.3 is 0 Å². The maximum absolute atomic E-state index is 5.71. The van der Waals surface area contributed by atoms with Gasteiger partial charge < -0.3 is 10.5 Å². The predicted molar refractivity (Wildman–Crippen MR) is 53.8 cm³/mol. The number of ether oxygens (including phenoxy) is 1. The van der Waals surface area contributed by atoms with E-state index >= 15 is 0 Å². The highest BCUT2D eigenvalue weighted by Gasteiger charge is 2.41. The molecule has 0 saturated heterocycles. The Labute approximate surface area is 81.9 Å². The van der Waals surface area contributed by atoms with Gasteiger partial charge in [0, 0.05) is 12.0 Å². The van der Waals surface area contributed by atoms with E-state index in [2.05, 4.69) is 4.98 Å². The fourth-order valence-corrected chi connectivity index (χ4v) is 2.66. The summed E-state index contributed by atoms with van der Waals surface area (Å²) in [5, 5.41) is 1.05. The highest BCUT2D eigenvalue weighted by atomic mass is 32.1. The zero-order valence-corrected chi connectivity index (χ0v) is 8.78. The number of nitrogen functional groups attached to an aromatic ring is 1. The molecule has 0 unspecified atom stereocenters. The SMILES string of the molecule is COC1(c2nc(N)c(C)s2)CCC1. The molecule has 0 radical (unpaired) electrons. The standard InChI is InChI=1S/C9H14N2OS/c1-6-7(10)11-8(13-6)9(12-2)4-3-5-9/h3-5,10H2,1-2H3. The van der Waals surface area contributed by atoms with Crippen molar-refractivity contribution in [3.05, 3.63) is 9.88 Å². The van der Waals surface area contributed by atoms with Crippen LogP contribution in [0.2, 0.25) is 0 Å². The minimum absolute atomic E-state index is 0.104. The Kier molecular flexibility index (Phi) is 2.04. The molecular formula is C9H14N2OS. The van der Waals surface area contributed by atoms with Crippen molar-refractivity contribution in [3.8, 4) is 0 Å². The fourth-order valence-electron chi connectivity index (χ4n) is 1.61. The van der Waals surface area contributed by atoms with E-state index in [1.165, 1.54) is 6.42 Å². The van der Waals surface area contributed by atoms with Gasteiger partial charge in [-0.05, 0) is 26.2 Å². The van der Waals surface area contributed by atoms with Crippen LogP contribution >= 0.6 is 11.3 Å². The number of nitrogens with zero attached hydrogens (tertiary/aromatic N) is 1. The van der Waals surface area contributed by atoms with Gasteiger partial charge in [0.25, 0.3) is 0 Å². The predicted octanol–water partition coefficient (Wildman–Crippen LogP) is 2.06. The van der Waals surface area contributed by atoms with Crippen LogP contribution in [0.1, 0.15) is 29.1 Å². The Morgan fingerprint density at radius 3 is 2.54 bits per heavy atom. The normalized spacial score (nSPS) is 19.8. The third-order valence-electron chi connectivity index (χ3n) is 2.77. The van der Waals surface area contributed by atoms with Crippen molar-refractivity contribution in [2.75, 3.05) is 12.8 Å². The Morgan fingerprint density at radius 1 is 1.54 bits per heavy atom. The number of thiazole rings is 1. The molecule has 1 fully saturated rings. The summed E-state index contributed by atoms with van der Waals surface area (Å²) in [6.45, 7) is 2.00. The van der Waals surface area contributed by atoms with E-state index in [1.54, 1.807) is 18.4 Å². The second-order valence-corrected chi connectivity index (χ2v) is 4.72. The summed E-state index contributed by atoms with van der Waals surface area (Å²) < 4.78 is 5.52. The molecule has 72 valence electrons. The van der Waals surface area contributed by atoms with Crippen LogP contribution < -0.4 is 5.73 Å². The molecule has 1 saturated carbocycles. The molecule has 13 heavy (non-hydrogen) atoms. The monoisotopic (exact) mass is 198 g/mol. The Hall–Kier alpha value is -0.610. The lowest BCUT2D eigenvalue weighted by atomic mass is 9.80. The molecule has 0 aromatic carbocycles. The number of nitrogens with two attached hydrogens (primary N) is 1. The van der Waals surface area contributed by atoms with E-state index in [-0.39, 0.29) is 5.60 Å². The fraction of sp³-hybridized carbons (Fsp3) is 0.667. The van der Waals surface area contributed by atoms with Crippen molar-refractivity contribution >= 4 is 17.2 Å². The third-order valence-corrected chi connectivity index (χ3v) is 3.95. The molecule has 1 aromatic heterocycles. The first-order chi connectivity index (χ1) is 6.18. The Morgan fingerprint density at radius 2 is 2.23 bits per heavy atom. The first-order valence-corrected chi connectivity index (χ1v) is 5.28. The minimum atomic E-state index is -0.104. The van der Waals surface area contributed by atoms with Gasteiger partial charge in [-0.15, -0.1) is 11.3 Å². The van der Waals surface area contributed by atoms with Crippen LogP contribution in [0.25, 0.3) is 0 Å². The minimum Gasteiger partial charge on any atom is -0.383 e. The lowest BCUT2D eigenvalue weighted by molar-refractivity contribution is -0.0778. The molecule has 2 rings (SSSR count). The van der Waals surface area contributed by atoms with E-state index in [4.69, 9.17) is 10.5 Å². The molecule has 2 N–H and O–H groups in total. The third kappa shape index (κ3) is 1.25. The Bertz CT molecular complexity index is 292. The maximum Gasteiger partial charge on any atom is 0.137 e. The van der Waals surface area contributed by atoms with Crippen LogP contribution in [0.3, 0.4) is 0 Å². The van der Waals surface area contributed by atoms with Gasteiger partial charge in [0.05, 0.1) is 0 Å². The molecule has 4 heteroatoms. The van der Waals surface area contributed by atoms with Crippen molar-refractivity contribution in [2.24, 2.45) is 0 Å². The summed E-state index contributed by atoms with van der Waals surface area (Å²) in [6, 6.07) is 0. The maximum atomic E-state index is 5.71. The number of rotatable bonds is 2. The van der Waals surface area contributed by atoms with E-state index in [9.17, 15) is 0 Å². The average molecular weight is 198 g/mol. The molecule has 0 atom stereocenters. The van der Waals surface area contributed by atoms with Crippen molar-refractivity contribution < 1.29 is 4.74 Å². The first kappa shape index (κ1) is 8.97. The van der Waals surface area contributed by atoms with Gasteiger partial charge in [0.1, 0.15) is 16.4 Å². The number of aromatic nitrogens is 1. The van der Waals surface area contributed by atoms with Crippen LogP contribution in [0, 0.1) is 6.92 Å². The summed E-state index contributed by atoms with van der Waals surface area (Å²) in [5.41, 5.74) is 5.61. The van der Waals surface area contributed by atoms with Crippen molar-refractivity contribution in [1.29, 1.82) is 0 Å². The summed E-state index contributed by atoms with van der Waals surface area (Å²) in [7, 11) is 1.76. The van der Waals surface area contributed by atoms with Gasteiger partial charge in [-0.25, -0.2) is 4.98 Å². The van der Waals surface area contributed by atoms with E-state index in [1.807, 2.05) is 6.92 Å². The molecule has 1 aromatic rings. The summed E-state index contributed by atoms with van der Waals surface area (Å²) in [6.07, 6.45) is 3.39. The molecule has 3 nitrogen and oxygen atoms in total. The summed E-state index contributed by atoms with van der Waals surface area (Å²) >= 11 is 1.66. The van der Waals surface area contributed by atoms with Crippen molar-refractivity contribution in [3.63, 3.8) is 0 Å². The van der Waals surface area contributed by atoms with Gasteiger partial charge in [-0.3, -0.25) is 0 Å². The largest absolute Gasteiger partial charge is 0.383 e.